The smallest absolute Gasteiger partial charge is 0.351 e. The summed E-state index contributed by atoms with van der Waals surface area (Å²) >= 11 is 0. The molecule has 11 rings (SSSR count). The van der Waals surface area contributed by atoms with Crippen LogP contribution >= 0.6 is 0 Å². The largest absolute Gasteiger partial charge is 2.00 e. The van der Waals surface area contributed by atoms with Crippen LogP contribution in [-0.4, -0.2) is 24.1 Å². The summed E-state index contributed by atoms with van der Waals surface area (Å²) in [6, 6.07) is 56.2. The predicted octanol–water partition coefficient (Wildman–Crippen LogP) is 10.7. The minimum absolute atomic E-state index is 0. The molecule has 0 N–H and O–H groups in total. The second-order valence-corrected chi connectivity index (χ2v) is 12.8. The van der Waals surface area contributed by atoms with Crippen LogP contribution in [0, 0.1) is 12.1 Å². The van der Waals surface area contributed by atoms with E-state index in [2.05, 4.69) is 159 Å². The number of para-hydroxylation sites is 3. The number of anilines is 3. The molecule has 246 valence electrons. The fraction of sp³-hybridized carbons (Fsp3) is 0. The molecule has 6 aromatic carbocycles. The van der Waals surface area contributed by atoms with Crippen LogP contribution in [-0.2, 0) is 21.1 Å². The quantitative estimate of drug-likeness (QED) is 0.131. The minimum Gasteiger partial charge on any atom is -0.351 e. The molecule has 0 radical (unpaired) electrons. The van der Waals surface area contributed by atoms with Crippen LogP contribution in [0.15, 0.2) is 146 Å². The Morgan fingerprint density at radius 1 is 0.519 bits per heavy atom. The SMILES string of the molecule is [Pt+2].[c-]1c(-c2nnc3c4ccccc4c4ccccc4n23)ccc2c1N(c1[c-]c3c(cc1)c1ccccc1n3-c1ccccn1)c1ccccc1C=C2. The summed E-state index contributed by atoms with van der Waals surface area (Å²) in [6.07, 6.45) is 6.18. The van der Waals surface area contributed by atoms with Crippen molar-refractivity contribution in [1.82, 2.24) is 24.1 Å². The first-order chi connectivity index (χ1) is 25.3. The van der Waals surface area contributed by atoms with Crippen molar-refractivity contribution in [1.29, 1.82) is 0 Å². The summed E-state index contributed by atoms with van der Waals surface area (Å²) in [7, 11) is 0. The Labute approximate surface area is 313 Å². The number of hydrogen-bond acceptors (Lipinski definition) is 4. The van der Waals surface area contributed by atoms with Gasteiger partial charge in [-0.05, 0) is 52.4 Å². The average Bonchev–Trinajstić information content (AvgIpc) is 3.74. The van der Waals surface area contributed by atoms with Gasteiger partial charge in [0.15, 0.2) is 5.65 Å². The molecule has 0 bridgehead atoms. The molecule has 5 heterocycles. The number of rotatable bonds is 3. The van der Waals surface area contributed by atoms with E-state index in [1.807, 2.05) is 24.4 Å². The number of aromatic nitrogens is 5. The van der Waals surface area contributed by atoms with Gasteiger partial charge < -0.3 is 13.9 Å². The van der Waals surface area contributed by atoms with Gasteiger partial charge in [0.25, 0.3) is 0 Å². The summed E-state index contributed by atoms with van der Waals surface area (Å²) < 4.78 is 4.37. The molecule has 1 aliphatic heterocycles. The topological polar surface area (TPSA) is 51.2 Å². The molecule has 52 heavy (non-hydrogen) atoms. The molecular formula is C45H26N6Pt. The number of nitrogens with zero attached hydrogens (tertiary/aromatic N) is 6. The Morgan fingerprint density at radius 2 is 1.23 bits per heavy atom. The van der Waals surface area contributed by atoms with Crippen LogP contribution < -0.4 is 4.90 Å². The molecule has 6 nitrogen and oxygen atoms in total. The van der Waals surface area contributed by atoms with E-state index in [1.165, 1.54) is 0 Å². The maximum absolute atomic E-state index is 4.82. The van der Waals surface area contributed by atoms with Gasteiger partial charge in [0, 0.05) is 33.7 Å². The molecular weight excluding hydrogens is 820 g/mol. The molecule has 7 heteroatoms. The van der Waals surface area contributed by atoms with Crippen molar-refractivity contribution in [3.8, 4) is 17.2 Å². The van der Waals surface area contributed by atoms with Crippen molar-refractivity contribution in [2.75, 3.05) is 4.90 Å². The number of benzene rings is 6. The summed E-state index contributed by atoms with van der Waals surface area (Å²) in [4.78, 5) is 7.02. The Balaban J connectivity index is 0.00000338. The van der Waals surface area contributed by atoms with E-state index >= 15 is 0 Å². The third kappa shape index (κ3) is 4.44. The zero-order chi connectivity index (χ0) is 33.5. The third-order valence-corrected chi connectivity index (χ3v) is 9.99. The second kappa shape index (κ2) is 11.9. The first kappa shape index (κ1) is 30.5. The van der Waals surface area contributed by atoms with E-state index in [9.17, 15) is 0 Å². The molecule has 0 aliphatic carbocycles. The molecule has 1 aliphatic rings. The zero-order valence-electron chi connectivity index (χ0n) is 27.5. The minimum atomic E-state index is 0. The van der Waals surface area contributed by atoms with E-state index in [4.69, 9.17) is 15.2 Å². The Bertz CT molecular complexity index is 3050. The van der Waals surface area contributed by atoms with Crippen molar-refractivity contribution in [2.24, 2.45) is 0 Å². The normalized spacial score (nSPS) is 12.3. The zero-order valence-corrected chi connectivity index (χ0v) is 29.8. The molecule has 0 amide bonds. The van der Waals surface area contributed by atoms with Crippen molar-refractivity contribution in [3.63, 3.8) is 0 Å². The molecule has 0 saturated heterocycles. The van der Waals surface area contributed by atoms with Gasteiger partial charge in [0.05, 0.1) is 5.82 Å². The fourth-order valence-electron chi connectivity index (χ4n) is 7.73. The molecule has 0 saturated carbocycles. The summed E-state index contributed by atoms with van der Waals surface area (Å²) in [5.41, 5.74) is 9.77. The first-order valence-corrected chi connectivity index (χ1v) is 17.0. The second-order valence-electron chi connectivity index (χ2n) is 12.8. The Kier molecular flexibility index (Phi) is 6.95. The number of fused-ring (bicyclic) bond motifs is 11. The Hall–Kier alpha value is -6.36. The van der Waals surface area contributed by atoms with Gasteiger partial charge in [-0.15, -0.1) is 46.4 Å². The number of hydrogen-bond donors (Lipinski definition) is 0. The van der Waals surface area contributed by atoms with Gasteiger partial charge in [-0.25, -0.2) is 4.98 Å². The molecule has 0 atom stereocenters. The van der Waals surface area contributed by atoms with E-state index in [0.29, 0.717) is 0 Å². The molecule has 0 fully saturated rings. The van der Waals surface area contributed by atoms with Gasteiger partial charge in [-0.1, -0.05) is 114 Å². The van der Waals surface area contributed by atoms with Crippen LogP contribution in [0.1, 0.15) is 11.1 Å². The van der Waals surface area contributed by atoms with Crippen LogP contribution in [0.2, 0.25) is 0 Å². The maximum Gasteiger partial charge on any atom is 2.00 e. The molecule has 10 aromatic rings. The van der Waals surface area contributed by atoms with Crippen LogP contribution in [0.25, 0.3) is 78.5 Å². The standard InChI is InChI=1S/C45H26N6.Pt/c1-6-16-38-29(11-1)20-21-30-22-23-31(44-47-48-45-37-15-3-2-12-33(37)34-13-4-8-18-40(34)51(44)45)27-41(30)49(38)32-24-25-36-35-14-5-7-17-39(35)50(42(36)28-32)43-19-9-10-26-46-43;/h1-26H;/q-2;+2. The molecule has 0 spiro atoms. The van der Waals surface area contributed by atoms with E-state index in [0.717, 1.165) is 94.5 Å². The van der Waals surface area contributed by atoms with Gasteiger partial charge in [-0.3, -0.25) is 0 Å². The Morgan fingerprint density at radius 3 is 2.08 bits per heavy atom. The van der Waals surface area contributed by atoms with Gasteiger partial charge in [-0.2, -0.15) is 11.2 Å². The van der Waals surface area contributed by atoms with Crippen molar-refractivity contribution < 1.29 is 21.1 Å². The fourth-order valence-corrected chi connectivity index (χ4v) is 7.73. The monoisotopic (exact) mass is 845 g/mol. The molecule has 0 unspecified atom stereocenters. The van der Waals surface area contributed by atoms with Crippen LogP contribution in [0.5, 0.6) is 0 Å². The average molecular weight is 846 g/mol. The van der Waals surface area contributed by atoms with E-state index < -0.39 is 0 Å². The summed E-state index contributed by atoms with van der Waals surface area (Å²) in [5.74, 6) is 1.59. The van der Waals surface area contributed by atoms with Gasteiger partial charge in [0.2, 0.25) is 0 Å². The predicted molar refractivity (Wildman–Crippen MR) is 207 cm³/mol. The van der Waals surface area contributed by atoms with E-state index in [1.54, 1.807) is 0 Å². The number of pyridine rings is 2. The maximum atomic E-state index is 4.82. The van der Waals surface area contributed by atoms with Crippen molar-refractivity contribution >= 4 is 78.3 Å². The third-order valence-electron chi connectivity index (χ3n) is 9.99. The van der Waals surface area contributed by atoms with Crippen molar-refractivity contribution in [2.45, 2.75) is 0 Å². The van der Waals surface area contributed by atoms with Crippen LogP contribution in [0.4, 0.5) is 17.1 Å². The first-order valence-electron chi connectivity index (χ1n) is 17.0. The summed E-state index contributed by atoms with van der Waals surface area (Å²) in [5, 5.41) is 15.2. The van der Waals surface area contributed by atoms with E-state index in [-0.39, 0.29) is 21.1 Å². The van der Waals surface area contributed by atoms with Gasteiger partial charge >= 0.3 is 21.1 Å². The molecule has 4 aromatic heterocycles. The van der Waals surface area contributed by atoms with Gasteiger partial charge in [0.1, 0.15) is 5.82 Å². The van der Waals surface area contributed by atoms with Crippen LogP contribution in [0.3, 0.4) is 0 Å². The van der Waals surface area contributed by atoms with Crippen molar-refractivity contribution in [3.05, 3.63) is 169 Å². The summed E-state index contributed by atoms with van der Waals surface area (Å²) in [6.45, 7) is 0.